The van der Waals surface area contributed by atoms with Crippen LogP contribution >= 0.6 is 11.5 Å². The highest BCUT2D eigenvalue weighted by atomic mass is 32.2. The Kier molecular flexibility index (Phi) is 4.93. The first-order valence-corrected chi connectivity index (χ1v) is 7.23. The van der Waals surface area contributed by atoms with Gasteiger partial charge in [0.25, 0.3) is 0 Å². The standard InChI is InChI=1S/C7H8N4O7S2/c1-20(15,16)18-6(14)4(10-17-2-3(12)13)5-9-7(8)19-11-5/h2H2,1H3,(H,12,13)(H2,8,9,11)/b10-4-. The van der Waals surface area contributed by atoms with Crippen molar-refractivity contribution in [2.24, 2.45) is 5.16 Å². The molecule has 0 radical (unpaired) electrons. The Morgan fingerprint density at radius 1 is 1.50 bits per heavy atom. The molecule has 0 aliphatic carbocycles. The minimum Gasteiger partial charge on any atom is -0.479 e. The molecule has 13 heteroatoms. The summed E-state index contributed by atoms with van der Waals surface area (Å²) in [6.45, 7) is -0.852. The summed E-state index contributed by atoms with van der Waals surface area (Å²) < 4.78 is 29.4. The number of nitrogen functional groups attached to an aromatic ring is 1. The molecule has 0 aromatic carbocycles. The summed E-state index contributed by atoms with van der Waals surface area (Å²) in [6.07, 6.45) is 0.642. The molecule has 20 heavy (non-hydrogen) atoms. The van der Waals surface area contributed by atoms with Crippen LogP contribution in [0.15, 0.2) is 5.16 Å². The number of aliphatic carboxylic acids is 1. The summed E-state index contributed by atoms with van der Waals surface area (Å²) in [7, 11) is -4.10. The Morgan fingerprint density at radius 2 is 2.15 bits per heavy atom. The molecule has 1 heterocycles. The van der Waals surface area contributed by atoms with E-state index in [4.69, 9.17) is 10.8 Å². The van der Waals surface area contributed by atoms with Gasteiger partial charge in [-0.25, -0.2) is 9.59 Å². The molecule has 0 saturated carbocycles. The van der Waals surface area contributed by atoms with E-state index >= 15 is 0 Å². The average molecular weight is 324 g/mol. The van der Waals surface area contributed by atoms with Crippen LogP contribution < -0.4 is 5.73 Å². The summed E-state index contributed by atoms with van der Waals surface area (Å²) in [6, 6.07) is 0. The highest BCUT2D eigenvalue weighted by molar-refractivity contribution is 7.86. The van der Waals surface area contributed by atoms with E-state index in [1.165, 1.54) is 0 Å². The van der Waals surface area contributed by atoms with Crippen LogP contribution in [0.5, 0.6) is 0 Å². The molecule has 0 amide bonds. The minimum atomic E-state index is -4.10. The second-order valence-corrected chi connectivity index (χ2v) is 5.50. The van der Waals surface area contributed by atoms with E-state index in [0.29, 0.717) is 17.8 Å². The molecule has 3 N–H and O–H groups in total. The van der Waals surface area contributed by atoms with Gasteiger partial charge in [-0.2, -0.15) is 17.8 Å². The maximum atomic E-state index is 11.6. The fraction of sp³-hybridized carbons (Fsp3) is 0.286. The topological polar surface area (TPSA) is 171 Å². The molecule has 110 valence electrons. The maximum absolute atomic E-state index is 11.6. The van der Waals surface area contributed by atoms with Gasteiger partial charge in [0, 0.05) is 11.5 Å². The summed E-state index contributed by atoms with van der Waals surface area (Å²) in [5, 5.41) is 11.5. The number of aromatic nitrogens is 2. The van der Waals surface area contributed by atoms with E-state index in [1.807, 2.05) is 0 Å². The van der Waals surface area contributed by atoms with Gasteiger partial charge in [-0.05, 0) is 0 Å². The maximum Gasteiger partial charge on any atom is 0.379 e. The zero-order valence-electron chi connectivity index (χ0n) is 9.84. The van der Waals surface area contributed by atoms with Crippen molar-refractivity contribution >= 4 is 44.4 Å². The first-order chi connectivity index (χ1) is 9.19. The third-order valence-corrected chi connectivity index (χ3v) is 2.41. The first-order valence-electron chi connectivity index (χ1n) is 4.64. The van der Waals surface area contributed by atoms with Crippen molar-refractivity contribution in [3.63, 3.8) is 0 Å². The molecule has 1 aromatic rings. The van der Waals surface area contributed by atoms with Crippen molar-refractivity contribution < 1.29 is 32.1 Å². The van der Waals surface area contributed by atoms with Gasteiger partial charge in [-0.1, -0.05) is 5.16 Å². The van der Waals surface area contributed by atoms with Crippen LogP contribution in [0.25, 0.3) is 0 Å². The number of nitrogens with zero attached hydrogens (tertiary/aromatic N) is 3. The highest BCUT2D eigenvalue weighted by Crippen LogP contribution is 2.08. The van der Waals surface area contributed by atoms with Gasteiger partial charge in [0.2, 0.25) is 18.1 Å². The fourth-order valence-electron chi connectivity index (χ4n) is 0.830. The zero-order valence-corrected chi connectivity index (χ0v) is 11.5. The van der Waals surface area contributed by atoms with Crippen molar-refractivity contribution in [2.75, 3.05) is 18.6 Å². The molecule has 1 rings (SSSR count). The number of carboxylic acid groups (broad SMARTS) is 1. The number of carbonyl (C=O) groups excluding carboxylic acids is 1. The summed E-state index contributed by atoms with van der Waals surface area (Å²) in [5.41, 5.74) is 4.59. The molecule has 0 unspecified atom stereocenters. The Morgan fingerprint density at radius 3 is 2.60 bits per heavy atom. The molecule has 0 aliphatic heterocycles. The molecule has 1 aromatic heterocycles. The van der Waals surface area contributed by atoms with Gasteiger partial charge in [0.15, 0.2) is 5.13 Å². The van der Waals surface area contributed by atoms with Crippen LogP contribution in [0.1, 0.15) is 5.82 Å². The third kappa shape index (κ3) is 5.15. The molecule has 0 bridgehead atoms. The van der Waals surface area contributed by atoms with Gasteiger partial charge in [0.05, 0.1) is 6.26 Å². The van der Waals surface area contributed by atoms with E-state index in [0.717, 1.165) is 0 Å². The molecule has 11 nitrogen and oxygen atoms in total. The van der Waals surface area contributed by atoms with E-state index < -0.39 is 34.4 Å². The Hall–Kier alpha value is -2.28. The van der Waals surface area contributed by atoms with Gasteiger partial charge in [-0.3, -0.25) is 0 Å². The normalized spacial score (nSPS) is 11.9. The van der Waals surface area contributed by atoms with E-state index in [-0.39, 0.29) is 11.0 Å². The number of carboxylic acids is 1. The summed E-state index contributed by atoms with van der Waals surface area (Å²) in [4.78, 5) is 29.8. The highest BCUT2D eigenvalue weighted by Gasteiger charge is 2.25. The van der Waals surface area contributed by atoms with E-state index in [2.05, 4.69) is 23.5 Å². The van der Waals surface area contributed by atoms with Gasteiger partial charge in [0.1, 0.15) is 0 Å². The Balaban J connectivity index is 3.01. The average Bonchev–Trinajstić information content (AvgIpc) is 2.68. The van der Waals surface area contributed by atoms with Crippen LogP contribution in [-0.2, 0) is 28.7 Å². The monoisotopic (exact) mass is 324 g/mol. The minimum absolute atomic E-state index is 0.0157. The zero-order chi connectivity index (χ0) is 15.3. The number of oxime groups is 1. The summed E-state index contributed by atoms with van der Waals surface area (Å²) in [5.74, 6) is -3.11. The van der Waals surface area contributed by atoms with Gasteiger partial charge in [-0.15, -0.1) is 0 Å². The van der Waals surface area contributed by atoms with Crippen LogP contribution in [-0.4, -0.2) is 53.4 Å². The fourth-order valence-corrected chi connectivity index (χ4v) is 1.62. The Bertz CT molecular complexity index is 650. The predicted molar refractivity (Wildman–Crippen MR) is 65.4 cm³/mol. The number of anilines is 1. The largest absolute Gasteiger partial charge is 0.479 e. The van der Waals surface area contributed by atoms with Crippen LogP contribution in [0.4, 0.5) is 5.13 Å². The van der Waals surface area contributed by atoms with Crippen molar-refractivity contribution in [1.29, 1.82) is 0 Å². The molecule has 0 saturated heterocycles. The molecule has 0 fully saturated rings. The number of hydrogen-bond acceptors (Lipinski definition) is 11. The van der Waals surface area contributed by atoms with Crippen molar-refractivity contribution in [2.45, 2.75) is 0 Å². The molecule has 0 spiro atoms. The number of carbonyl (C=O) groups is 2. The van der Waals surface area contributed by atoms with Crippen molar-refractivity contribution in [1.82, 2.24) is 9.36 Å². The quantitative estimate of drug-likeness (QED) is 0.353. The SMILES string of the molecule is CS(=O)(=O)OC(=O)/C(=N\OCC(=O)O)c1nsc(N)n1. The van der Waals surface area contributed by atoms with E-state index in [9.17, 15) is 18.0 Å². The number of hydrogen-bond donors (Lipinski definition) is 2. The van der Waals surface area contributed by atoms with Crippen LogP contribution in [0, 0.1) is 0 Å². The van der Waals surface area contributed by atoms with Gasteiger partial charge < -0.3 is 19.9 Å². The third-order valence-electron chi connectivity index (χ3n) is 1.42. The van der Waals surface area contributed by atoms with Gasteiger partial charge >= 0.3 is 22.1 Å². The van der Waals surface area contributed by atoms with Crippen LogP contribution in [0.2, 0.25) is 0 Å². The Labute approximate surface area is 116 Å². The molecular formula is C7H8N4O7S2. The second-order valence-electron chi connectivity index (χ2n) is 3.14. The lowest BCUT2D eigenvalue weighted by Crippen LogP contribution is -2.23. The van der Waals surface area contributed by atoms with Crippen molar-refractivity contribution in [3.05, 3.63) is 5.82 Å². The number of rotatable bonds is 6. The smallest absolute Gasteiger partial charge is 0.379 e. The van der Waals surface area contributed by atoms with E-state index in [1.54, 1.807) is 0 Å². The molecule has 0 atom stereocenters. The predicted octanol–water partition coefficient (Wildman–Crippen LogP) is -1.57. The summed E-state index contributed by atoms with van der Waals surface area (Å²) >= 11 is 0.715. The lowest BCUT2D eigenvalue weighted by Gasteiger charge is -2.02. The van der Waals surface area contributed by atoms with Crippen LogP contribution in [0.3, 0.4) is 0 Å². The second kappa shape index (κ2) is 6.25. The molecular weight excluding hydrogens is 316 g/mol. The lowest BCUT2D eigenvalue weighted by atomic mass is 10.4. The first kappa shape index (κ1) is 15.8. The molecule has 0 aliphatic rings. The van der Waals surface area contributed by atoms with Crippen molar-refractivity contribution in [3.8, 4) is 0 Å². The number of nitrogens with two attached hydrogens (primary N) is 1. The lowest BCUT2D eigenvalue weighted by molar-refractivity contribution is -0.142.